The van der Waals surface area contributed by atoms with Crippen LogP contribution in [0.5, 0.6) is 0 Å². The number of aromatic nitrogens is 1. The number of rotatable bonds is 1. The Balaban J connectivity index is 2.69. The van der Waals surface area contributed by atoms with Gasteiger partial charge in [0.15, 0.2) is 0 Å². The lowest BCUT2D eigenvalue weighted by Gasteiger charge is -2.29. The van der Waals surface area contributed by atoms with Crippen molar-refractivity contribution < 1.29 is 18.4 Å². The first kappa shape index (κ1) is 13.9. The van der Waals surface area contributed by atoms with E-state index in [0.717, 1.165) is 11.0 Å². The highest BCUT2D eigenvalue weighted by Gasteiger charge is 2.45. The molecule has 0 radical (unpaired) electrons. The van der Waals surface area contributed by atoms with E-state index in [1.54, 1.807) is 20.8 Å². The largest absolute Gasteiger partial charge is 0.280 e. The molecule has 0 unspecified atom stereocenters. The number of carbonyl (C=O) groups is 2. The third kappa shape index (κ3) is 2.10. The molecule has 0 atom stereocenters. The summed E-state index contributed by atoms with van der Waals surface area (Å²) >= 11 is 5.62. The summed E-state index contributed by atoms with van der Waals surface area (Å²) < 4.78 is 25.9. The smallest absolute Gasteiger partial charge is 0.268 e. The quantitative estimate of drug-likeness (QED) is 0.589. The van der Waals surface area contributed by atoms with E-state index in [1.165, 1.54) is 0 Å². The molecule has 0 bridgehead atoms. The van der Waals surface area contributed by atoms with Crippen LogP contribution in [-0.2, 0) is 0 Å². The van der Waals surface area contributed by atoms with Crippen LogP contribution in [0.15, 0.2) is 6.07 Å². The summed E-state index contributed by atoms with van der Waals surface area (Å²) in [4.78, 5) is 28.9. The van der Waals surface area contributed by atoms with Crippen molar-refractivity contribution in [2.45, 2.75) is 32.7 Å². The standard InChI is InChI=1S/C12H11ClF2N2O2/c1-12(2,3)17-10(18)7-5(9(14)15)4-6(13)16-8(7)11(17)19/h4,9H,1-3H3. The van der Waals surface area contributed by atoms with Gasteiger partial charge in [0.05, 0.1) is 5.56 Å². The van der Waals surface area contributed by atoms with Crippen molar-refractivity contribution >= 4 is 23.4 Å². The first-order chi connectivity index (χ1) is 8.64. The topological polar surface area (TPSA) is 50.3 Å². The van der Waals surface area contributed by atoms with Crippen molar-refractivity contribution in [2.75, 3.05) is 0 Å². The van der Waals surface area contributed by atoms with Crippen LogP contribution < -0.4 is 0 Å². The van der Waals surface area contributed by atoms with Gasteiger partial charge in [-0.05, 0) is 26.8 Å². The highest BCUT2D eigenvalue weighted by atomic mass is 35.5. The molecule has 1 aliphatic rings. The van der Waals surface area contributed by atoms with Gasteiger partial charge in [-0.25, -0.2) is 13.8 Å². The fourth-order valence-electron chi connectivity index (χ4n) is 2.00. The Morgan fingerprint density at radius 1 is 1.26 bits per heavy atom. The minimum atomic E-state index is -2.90. The van der Waals surface area contributed by atoms with E-state index in [9.17, 15) is 18.4 Å². The Kier molecular flexibility index (Phi) is 3.09. The molecule has 0 aromatic carbocycles. The first-order valence-electron chi connectivity index (χ1n) is 5.52. The van der Waals surface area contributed by atoms with Crippen LogP contribution in [0.1, 0.15) is 53.6 Å². The van der Waals surface area contributed by atoms with Crippen LogP contribution in [0.25, 0.3) is 0 Å². The second-order valence-electron chi connectivity index (χ2n) is 5.18. The molecule has 1 aromatic rings. The van der Waals surface area contributed by atoms with Gasteiger partial charge in [0.1, 0.15) is 10.8 Å². The van der Waals surface area contributed by atoms with Crippen molar-refractivity contribution in [1.82, 2.24) is 9.88 Å². The maximum absolute atomic E-state index is 13.0. The molecule has 2 heterocycles. The minimum Gasteiger partial charge on any atom is -0.268 e. The molecular formula is C12H11ClF2N2O2. The van der Waals surface area contributed by atoms with Gasteiger partial charge >= 0.3 is 0 Å². The summed E-state index contributed by atoms with van der Waals surface area (Å²) in [5.74, 6) is -1.45. The molecule has 0 N–H and O–H groups in total. The summed E-state index contributed by atoms with van der Waals surface area (Å²) in [6.45, 7) is 4.91. The molecule has 2 amide bonds. The highest BCUT2D eigenvalue weighted by molar-refractivity contribution is 6.30. The maximum Gasteiger partial charge on any atom is 0.280 e. The molecule has 1 aromatic heterocycles. The van der Waals surface area contributed by atoms with E-state index in [0.29, 0.717) is 0 Å². The summed E-state index contributed by atoms with van der Waals surface area (Å²) in [6.07, 6.45) is -2.90. The van der Waals surface area contributed by atoms with E-state index < -0.39 is 29.3 Å². The van der Waals surface area contributed by atoms with Gasteiger partial charge in [0, 0.05) is 11.1 Å². The number of nitrogens with zero attached hydrogens (tertiary/aromatic N) is 2. The average molecular weight is 289 g/mol. The molecule has 2 rings (SSSR count). The number of halogens is 3. The van der Waals surface area contributed by atoms with Crippen LogP contribution in [-0.4, -0.2) is 27.2 Å². The predicted molar refractivity (Wildman–Crippen MR) is 64.5 cm³/mol. The number of pyridine rings is 1. The molecular weight excluding hydrogens is 278 g/mol. The summed E-state index contributed by atoms with van der Waals surface area (Å²) in [7, 11) is 0. The van der Waals surface area contributed by atoms with Crippen molar-refractivity contribution in [2.24, 2.45) is 0 Å². The highest BCUT2D eigenvalue weighted by Crippen LogP contribution is 2.35. The van der Waals surface area contributed by atoms with Crippen LogP contribution in [0, 0.1) is 0 Å². The monoisotopic (exact) mass is 288 g/mol. The number of amides is 2. The molecule has 4 nitrogen and oxygen atoms in total. The van der Waals surface area contributed by atoms with Crippen molar-refractivity contribution in [3.8, 4) is 0 Å². The van der Waals surface area contributed by atoms with Gasteiger partial charge in [0.25, 0.3) is 18.2 Å². The Morgan fingerprint density at radius 3 is 2.32 bits per heavy atom. The fourth-order valence-corrected chi connectivity index (χ4v) is 2.21. The lowest BCUT2D eigenvalue weighted by Crippen LogP contribution is -2.45. The van der Waals surface area contributed by atoms with Gasteiger partial charge in [-0.1, -0.05) is 11.6 Å². The third-order valence-corrected chi connectivity index (χ3v) is 2.94. The zero-order valence-electron chi connectivity index (χ0n) is 10.5. The predicted octanol–water partition coefficient (Wildman–Crippen LogP) is 3.07. The lowest BCUT2D eigenvalue weighted by atomic mass is 10.1. The second-order valence-corrected chi connectivity index (χ2v) is 5.56. The average Bonchev–Trinajstić information content (AvgIpc) is 2.49. The van der Waals surface area contributed by atoms with Gasteiger partial charge in [-0.15, -0.1) is 0 Å². The first-order valence-corrected chi connectivity index (χ1v) is 5.90. The van der Waals surface area contributed by atoms with E-state index in [-0.39, 0.29) is 16.4 Å². The van der Waals surface area contributed by atoms with Gasteiger partial charge in [0.2, 0.25) is 0 Å². The van der Waals surface area contributed by atoms with E-state index in [4.69, 9.17) is 11.6 Å². The normalized spacial score (nSPS) is 15.4. The summed E-state index contributed by atoms with van der Waals surface area (Å²) in [6, 6.07) is 0.919. The molecule has 0 saturated heterocycles. The molecule has 1 aliphatic heterocycles. The van der Waals surface area contributed by atoms with Gasteiger partial charge < -0.3 is 0 Å². The lowest BCUT2D eigenvalue weighted by molar-refractivity contribution is 0.0502. The second kappa shape index (κ2) is 4.23. The summed E-state index contributed by atoms with van der Waals surface area (Å²) in [5.41, 5.74) is -2.03. The molecule has 0 spiro atoms. The number of carbonyl (C=O) groups excluding carboxylic acids is 2. The number of fused-ring (bicyclic) bond motifs is 1. The number of alkyl halides is 2. The SMILES string of the molecule is CC(C)(C)N1C(=O)c2nc(Cl)cc(C(F)F)c2C1=O. The number of hydrogen-bond acceptors (Lipinski definition) is 3. The number of imide groups is 1. The van der Waals surface area contributed by atoms with Crippen LogP contribution in [0.3, 0.4) is 0 Å². The Labute approximate surface area is 113 Å². The Hall–Kier alpha value is -1.56. The van der Waals surface area contributed by atoms with Crippen molar-refractivity contribution in [1.29, 1.82) is 0 Å². The van der Waals surface area contributed by atoms with Crippen molar-refractivity contribution in [3.05, 3.63) is 28.0 Å². The van der Waals surface area contributed by atoms with Crippen LogP contribution in [0.2, 0.25) is 5.15 Å². The Bertz CT molecular complexity index is 582. The van der Waals surface area contributed by atoms with E-state index >= 15 is 0 Å². The van der Waals surface area contributed by atoms with Crippen molar-refractivity contribution in [3.63, 3.8) is 0 Å². The number of hydrogen-bond donors (Lipinski definition) is 0. The van der Waals surface area contributed by atoms with Gasteiger partial charge in [-0.2, -0.15) is 0 Å². The fraction of sp³-hybridized carbons (Fsp3) is 0.417. The molecule has 102 valence electrons. The molecule has 0 saturated carbocycles. The maximum atomic E-state index is 13.0. The van der Waals surface area contributed by atoms with Gasteiger partial charge in [-0.3, -0.25) is 14.5 Å². The molecule has 0 aliphatic carbocycles. The van der Waals surface area contributed by atoms with Crippen LogP contribution >= 0.6 is 11.6 Å². The summed E-state index contributed by atoms with van der Waals surface area (Å²) in [5, 5.41) is -0.231. The van der Waals surface area contributed by atoms with E-state index in [1.807, 2.05) is 0 Å². The van der Waals surface area contributed by atoms with Crippen LogP contribution in [0.4, 0.5) is 8.78 Å². The molecule has 0 fully saturated rings. The third-order valence-electron chi connectivity index (χ3n) is 2.75. The zero-order valence-corrected chi connectivity index (χ0v) is 11.3. The molecule has 19 heavy (non-hydrogen) atoms. The molecule has 7 heteroatoms. The zero-order chi connectivity index (χ0) is 14.5. The minimum absolute atomic E-state index is 0.231. The van der Waals surface area contributed by atoms with E-state index in [2.05, 4.69) is 4.98 Å². The Morgan fingerprint density at radius 2 is 1.84 bits per heavy atom.